The smallest absolute Gasteiger partial charge is 0.237 e. The molecule has 0 fully saturated rings. The lowest BCUT2D eigenvalue weighted by atomic mass is 9.93. The summed E-state index contributed by atoms with van der Waals surface area (Å²) in [6.45, 7) is 2.43. The van der Waals surface area contributed by atoms with E-state index in [0.29, 0.717) is 19.7 Å². The Balaban J connectivity index is 1.75. The number of methoxy groups -OCH3 is 1. The molecule has 134 valence electrons. The second-order valence-corrected chi connectivity index (χ2v) is 7.11. The van der Waals surface area contributed by atoms with Crippen molar-refractivity contribution in [3.8, 4) is 0 Å². The molecule has 1 aromatic heterocycles. The molecule has 25 heavy (non-hydrogen) atoms. The van der Waals surface area contributed by atoms with Crippen LogP contribution in [0.25, 0.3) is 0 Å². The van der Waals surface area contributed by atoms with Gasteiger partial charge in [0.25, 0.3) is 0 Å². The van der Waals surface area contributed by atoms with E-state index in [-0.39, 0.29) is 17.8 Å². The van der Waals surface area contributed by atoms with E-state index in [9.17, 15) is 9.18 Å². The predicted molar refractivity (Wildman–Crippen MR) is 97.3 cm³/mol. The zero-order chi connectivity index (χ0) is 17.6. The summed E-state index contributed by atoms with van der Waals surface area (Å²) in [4.78, 5) is 16.0. The number of carbonyl (C=O) groups excluding carboxylic acids is 1. The molecule has 1 amide bonds. The summed E-state index contributed by atoms with van der Waals surface area (Å²) in [5.41, 5.74) is 2.11. The van der Waals surface area contributed by atoms with E-state index in [1.165, 1.54) is 17.0 Å². The number of hydrogen-bond acceptors (Lipinski definition) is 4. The SMILES string of the molecule is COCCCNCC(=O)N1CCc2sccc2C1c1ccc(F)cc1. The first-order valence-corrected chi connectivity index (χ1v) is 9.39. The van der Waals surface area contributed by atoms with Crippen LogP contribution in [0.3, 0.4) is 0 Å². The van der Waals surface area contributed by atoms with Gasteiger partial charge in [0.2, 0.25) is 5.91 Å². The topological polar surface area (TPSA) is 41.6 Å². The summed E-state index contributed by atoms with van der Waals surface area (Å²) in [6, 6.07) is 8.42. The standard InChI is InChI=1S/C19H23FN2O2S/c1-24-11-2-9-21-13-18(23)22-10-7-17-16(8-12-25-17)19(22)14-3-5-15(20)6-4-14/h3-6,8,12,19,21H,2,7,9-11,13H2,1H3. The number of benzene rings is 1. The highest BCUT2D eigenvalue weighted by atomic mass is 32.1. The minimum atomic E-state index is -0.261. The van der Waals surface area contributed by atoms with Crippen molar-refractivity contribution >= 4 is 17.2 Å². The number of rotatable bonds is 7. The van der Waals surface area contributed by atoms with Crippen molar-refractivity contribution in [1.82, 2.24) is 10.2 Å². The van der Waals surface area contributed by atoms with Crippen LogP contribution in [0.2, 0.25) is 0 Å². The molecule has 1 aliphatic rings. The third kappa shape index (κ3) is 4.26. The molecule has 2 heterocycles. The minimum Gasteiger partial charge on any atom is -0.385 e. The third-order valence-electron chi connectivity index (χ3n) is 4.45. The van der Waals surface area contributed by atoms with Gasteiger partial charge in [0.15, 0.2) is 0 Å². The van der Waals surface area contributed by atoms with E-state index in [1.807, 2.05) is 4.90 Å². The molecule has 0 aliphatic carbocycles. The Hall–Kier alpha value is -1.76. The molecule has 0 saturated heterocycles. The molecule has 3 rings (SSSR count). The summed E-state index contributed by atoms with van der Waals surface area (Å²) < 4.78 is 18.3. The fourth-order valence-electron chi connectivity index (χ4n) is 3.23. The maximum Gasteiger partial charge on any atom is 0.237 e. The number of carbonyl (C=O) groups is 1. The van der Waals surface area contributed by atoms with Crippen LogP contribution in [0.5, 0.6) is 0 Å². The molecule has 2 aromatic rings. The van der Waals surface area contributed by atoms with Gasteiger partial charge in [0.1, 0.15) is 5.82 Å². The van der Waals surface area contributed by atoms with Gasteiger partial charge < -0.3 is 15.0 Å². The maximum atomic E-state index is 13.3. The van der Waals surface area contributed by atoms with Crippen LogP contribution >= 0.6 is 11.3 Å². The normalized spacial score (nSPS) is 16.7. The lowest BCUT2D eigenvalue weighted by molar-refractivity contribution is -0.132. The monoisotopic (exact) mass is 362 g/mol. The van der Waals surface area contributed by atoms with E-state index in [0.717, 1.165) is 30.5 Å². The van der Waals surface area contributed by atoms with Gasteiger partial charge in [-0.1, -0.05) is 12.1 Å². The van der Waals surface area contributed by atoms with Crippen molar-refractivity contribution in [2.75, 3.05) is 33.4 Å². The number of nitrogens with zero attached hydrogens (tertiary/aromatic N) is 1. The Morgan fingerprint density at radius 1 is 1.36 bits per heavy atom. The average molecular weight is 362 g/mol. The van der Waals surface area contributed by atoms with Crippen molar-refractivity contribution in [2.45, 2.75) is 18.9 Å². The molecule has 0 bridgehead atoms. The number of fused-ring (bicyclic) bond motifs is 1. The minimum absolute atomic E-state index is 0.0728. The van der Waals surface area contributed by atoms with Crippen LogP contribution in [0, 0.1) is 5.82 Å². The lowest BCUT2D eigenvalue weighted by Crippen LogP contribution is -2.44. The number of thiophene rings is 1. The van der Waals surface area contributed by atoms with Crippen LogP contribution in [0.15, 0.2) is 35.7 Å². The molecule has 0 spiro atoms. The van der Waals surface area contributed by atoms with Gasteiger partial charge in [-0.15, -0.1) is 11.3 Å². The number of ether oxygens (including phenoxy) is 1. The van der Waals surface area contributed by atoms with Crippen LogP contribution in [-0.4, -0.2) is 44.2 Å². The first kappa shape index (κ1) is 18.0. The van der Waals surface area contributed by atoms with Crippen LogP contribution in [-0.2, 0) is 16.0 Å². The van der Waals surface area contributed by atoms with Gasteiger partial charge in [-0.25, -0.2) is 4.39 Å². The van der Waals surface area contributed by atoms with Crippen molar-refractivity contribution in [3.63, 3.8) is 0 Å². The zero-order valence-corrected chi connectivity index (χ0v) is 15.2. The molecular formula is C19H23FN2O2S. The van der Waals surface area contributed by atoms with Crippen LogP contribution < -0.4 is 5.32 Å². The third-order valence-corrected chi connectivity index (χ3v) is 5.45. The van der Waals surface area contributed by atoms with Gasteiger partial charge in [-0.05, 0) is 54.1 Å². The molecule has 1 N–H and O–H groups in total. The molecule has 1 aliphatic heterocycles. The fourth-order valence-corrected chi connectivity index (χ4v) is 4.13. The fraction of sp³-hybridized carbons (Fsp3) is 0.421. The van der Waals surface area contributed by atoms with Gasteiger partial charge >= 0.3 is 0 Å². The quantitative estimate of drug-likeness (QED) is 0.770. The Bertz CT molecular complexity index is 702. The number of nitrogens with one attached hydrogen (secondary N) is 1. The largest absolute Gasteiger partial charge is 0.385 e. The Morgan fingerprint density at radius 2 is 2.16 bits per heavy atom. The lowest BCUT2D eigenvalue weighted by Gasteiger charge is -2.36. The molecule has 0 radical (unpaired) electrons. The second kappa shape index (κ2) is 8.56. The Kier molecular flexibility index (Phi) is 6.18. The summed E-state index contributed by atoms with van der Waals surface area (Å²) in [7, 11) is 1.67. The van der Waals surface area contributed by atoms with E-state index in [4.69, 9.17) is 4.74 Å². The van der Waals surface area contributed by atoms with Crippen LogP contribution in [0.4, 0.5) is 4.39 Å². The molecule has 6 heteroatoms. The van der Waals surface area contributed by atoms with E-state index in [1.54, 1.807) is 30.6 Å². The molecule has 1 unspecified atom stereocenters. The average Bonchev–Trinajstić information content (AvgIpc) is 3.10. The summed E-state index contributed by atoms with van der Waals surface area (Å²) >= 11 is 1.73. The number of amides is 1. The molecular weight excluding hydrogens is 339 g/mol. The first-order chi connectivity index (χ1) is 12.2. The van der Waals surface area contributed by atoms with Crippen molar-refractivity contribution in [2.24, 2.45) is 0 Å². The molecule has 0 saturated carbocycles. The number of hydrogen-bond donors (Lipinski definition) is 1. The Labute approximate surface area is 151 Å². The van der Waals surface area contributed by atoms with Gasteiger partial charge in [-0.3, -0.25) is 4.79 Å². The first-order valence-electron chi connectivity index (χ1n) is 8.51. The Morgan fingerprint density at radius 3 is 2.92 bits per heavy atom. The summed E-state index contributed by atoms with van der Waals surface area (Å²) in [5, 5.41) is 5.26. The highest BCUT2D eigenvalue weighted by Gasteiger charge is 2.32. The van der Waals surface area contributed by atoms with Gasteiger partial charge in [0.05, 0.1) is 12.6 Å². The van der Waals surface area contributed by atoms with E-state index < -0.39 is 0 Å². The molecule has 1 aromatic carbocycles. The van der Waals surface area contributed by atoms with Crippen molar-refractivity contribution < 1.29 is 13.9 Å². The highest BCUT2D eigenvalue weighted by Crippen LogP contribution is 2.37. The zero-order valence-electron chi connectivity index (χ0n) is 14.3. The summed E-state index contributed by atoms with van der Waals surface area (Å²) in [5.74, 6) is -0.189. The maximum absolute atomic E-state index is 13.3. The number of halogens is 1. The van der Waals surface area contributed by atoms with E-state index in [2.05, 4.69) is 16.8 Å². The second-order valence-electron chi connectivity index (χ2n) is 6.11. The van der Waals surface area contributed by atoms with E-state index >= 15 is 0 Å². The summed E-state index contributed by atoms with van der Waals surface area (Å²) in [6.07, 6.45) is 1.75. The van der Waals surface area contributed by atoms with Crippen molar-refractivity contribution in [1.29, 1.82) is 0 Å². The predicted octanol–water partition coefficient (Wildman–Crippen LogP) is 2.99. The van der Waals surface area contributed by atoms with Crippen molar-refractivity contribution in [3.05, 3.63) is 57.5 Å². The van der Waals surface area contributed by atoms with Gasteiger partial charge in [-0.2, -0.15) is 0 Å². The molecule has 1 atom stereocenters. The van der Waals surface area contributed by atoms with Gasteiger partial charge in [0, 0.05) is 25.1 Å². The molecule has 4 nitrogen and oxygen atoms in total. The van der Waals surface area contributed by atoms with Crippen LogP contribution in [0.1, 0.15) is 28.5 Å². The highest BCUT2D eigenvalue weighted by molar-refractivity contribution is 7.10.